The molecule has 1 aromatic carbocycles. The van der Waals surface area contributed by atoms with Gasteiger partial charge >= 0.3 is 0 Å². The lowest BCUT2D eigenvalue weighted by Gasteiger charge is -2.35. The van der Waals surface area contributed by atoms with Gasteiger partial charge in [-0.15, -0.1) is 0 Å². The molecule has 0 saturated carbocycles. The Morgan fingerprint density at radius 1 is 1.45 bits per heavy atom. The molecule has 1 heterocycles. The molecule has 0 bridgehead atoms. The zero-order valence-electron chi connectivity index (χ0n) is 12.2. The molecule has 1 aromatic rings. The average molecular weight is 275 g/mol. The maximum Gasteiger partial charge on any atom is 0.240 e. The quantitative estimate of drug-likeness (QED) is 0.375. The highest BCUT2D eigenvalue weighted by atomic mass is 16.4. The second-order valence-electron chi connectivity index (χ2n) is 5.80. The lowest BCUT2D eigenvalue weighted by molar-refractivity contribution is -0.123. The van der Waals surface area contributed by atoms with Crippen molar-refractivity contribution in [2.75, 3.05) is 11.4 Å². The van der Waals surface area contributed by atoms with Crippen molar-refractivity contribution < 1.29 is 10.0 Å². The third-order valence-electron chi connectivity index (χ3n) is 3.88. The Hall–Kier alpha value is -2.04. The smallest absolute Gasteiger partial charge is 0.240 e. The van der Waals surface area contributed by atoms with Crippen molar-refractivity contribution in [1.82, 2.24) is 0 Å². The molecule has 0 aromatic heterocycles. The SMILES string of the molecule is Cc1ccc2c(c1)CCCN2C(=O)C(C)(C)C(N)=NO. The fourth-order valence-electron chi connectivity index (χ4n) is 2.51. The summed E-state index contributed by atoms with van der Waals surface area (Å²) in [5.41, 5.74) is 7.94. The van der Waals surface area contributed by atoms with E-state index in [1.54, 1.807) is 18.7 Å². The predicted octanol–water partition coefficient (Wildman–Crippen LogP) is 2.05. The van der Waals surface area contributed by atoms with Gasteiger partial charge in [0.1, 0.15) is 5.41 Å². The first-order valence-electron chi connectivity index (χ1n) is 6.77. The Morgan fingerprint density at radius 3 is 2.80 bits per heavy atom. The summed E-state index contributed by atoms with van der Waals surface area (Å²) in [5.74, 6) is -0.209. The van der Waals surface area contributed by atoms with Crippen molar-refractivity contribution in [3.05, 3.63) is 29.3 Å². The van der Waals surface area contributed by atoms with Gasteiger partial charge in [-0.3, -0.25) is 4.79 Å². The number of hydrogen-bond acceptors (Lipinski definition) is 3. The van der Waals surface area contributed by atoms with Gasteiger partial charge in [0.2, 0.25) is 5.91 Å². The number of carbonyl (C=O) groups excluding carboxylic acids is 1. The maximum atomic E-state index is 12.7. The van der Waals surface area contributed by atoms with Crippen LogP contribution in [0.15, 0.2) is 23.4 Å². The van der Waals surface area contributed by atoms with Crippen LogP contribution < -0.4 is 10.6 Å². The van der Waals surface area contributed by atoms with Gasteiger partial charge in [-0.25, -0.2) is 0 Å². The normalized spacial score (nSPS) is 15.9. The highest BCUT2D eigenvalue weighted by Crippen LogP contribution is 2.31. The molecule has 1 aliphatic heterocycles. The Labute approximate surface area is 119 Å². The molecule has 0 fully saturated rings. The van der Waals surface area contributed by atoms with E-state index in [2.05, 4.69) is 11.2 Å². The highest BCUT2D eigenvalue weighted by molar-refractivity contribution is 6.12. The maximum absolute atomic E-state index is 12.7. The van der Waals surface area contributed by atoms with Crippen LogP contribution >= 0.6 is 0 Å². The van der Waals surface area contributed by atoms with Crippen molar-refractivity contribution in [3.8, 4) is 0 Å². The number of aryl methyl sites for hydroxylation is 2. The molecular formula is C15H21N3O2. The number of rotatable bonds is 2. The number of amidine groups is 1. The van der Waals surface area contributed by atoms with Gasteiger partial charge in [0.05, 0.1) is 0 Å². The number of hydrogen-bond donors (Lipinski definition) is 2. The molecule has 1 amide bonds. The van der Waals surface area contributed by atoms with Gasteiger partial charge in [0.25, 0.3) is 0 Å². The predicted molar refractivity (Wildman–Crippen MR) is 79.0 cm³/mol. The number of carbonyl (C=O) groups is 1. The largest absolute Gasteiger partial charge is 0.409 e. The molecule has 0 aliphatic carbocycles. The molecule has 0 unspecified atom stereocenters. The van der Waals surface area contributed by atoms with E-state index in [-0.39, 0.29) is 11.7 Å². The van der Waals surface area contributed by atoms with Gasteiger partial charge in [-0.2, -0.15) is 0 Å². The molecule has 1 aliphatic rings. The molecule has 20 heavy (non-hydrogen) atoms. The summed E-state index contributed by atoms with van der Waals surface area (Å²) in [7, 11) is 0. The summed E-state index contributed by atoms with van der Waals surface area (Å²) in [6.45, 7) is 6.05. The molecule has 0 atom stereocenters. The van der Waals surface area contributed by atoms with Crippen molar-refractivity contribution in [3.63, 3.8) is 0 Å². The summed E-state index contributed by atoms with van der Waals surface area (Å²) < 4.78 is 0. The van der Waals surface area contributed by atoms with Gasteiger partial charge in [0.15, 0.2) is 5.84 Å². The van der Waals surface area contributed by atoms with E-state index in [1.165, 1.54) is 11.1 Å². The second-order valence-corrected chi connectivity index (χ2v) is 5.80. The van der Waals surface area contributed by atoms with Gasteiger partial charge in [-0.1, -0.05) is 22.9 Å². The molecule has 0 saturated heterocycles. The molecule has 2 rings (SSSR count). The summed E-state index contributed by atoms with van der Waals surface area (Å²) in [6, 6.07) is 6.09. The van der Waals surface area contributed by atoms with E-state index in [4.69, 9.17) is 10.9 Å². The van der Waals surface area contributed by atoms with Crippen molar-refractivity contribution >= 4 is 17.4 Å². The molecule has 0 spiro atoms. The summed E-state index contributed by atoms with van der Waals surface area (Å²) >= 11 is 0. The van der Waals surface area contributed by atoms with Crippen LogP contribution in [0.4, 0.5) is 5.69 Å². The van der Waals surface area contributed by atoms with Gasteiger partial charge in [-0.05, 0) is 45.2 Å². The van der Waals surface area contributed by atoms with Gasteiger partial charge < -0.3 is 15.8 Å². The van der Waals surface area contributed by atoms with Crippen LogP contribution in [0, 0.1) is 12.3 Å². The molecule has 5 nitrogen and oxygen atoms in total. The standard InChI is InChI=1S/C15H21N3O2/c1-10-6-7-12-11(9-10)5-4-8-18(12)14(19)15(2,3)13(16)17-20/h6-7,9,20H,4-5,8H2,1-3H3,(H2,16,17). The van der Waals surface area contributed by atoms with Crippen LogP contribution in [0.25, 0.3) is 0 Å². The van der Waals surface area contributed by atoms with Crippen LogP contribution in [0.2, 0.25) is 0 Å². The van der Waals surface area contributed by atoms with E-state index < -0.39 is 5.41 Å². The Kier molecular flexibility index (Phi) is 3.70. The first-order valence-corrected chi connectivity index (χ1v) is 6.77. The first-order chi connectivity index (χ1) is 9.37. The van der Waals surface area contributed by atoms with E-state index in [0.717, 1.165) is 18.5 Å². The summed E-state index contributed by atoms with van der Waals surface area (Å²) in [6.07, 6.45) is 1.90. The number of nitrogens with zero attached hydrogens (tertiary/aromatic N) is 2. The van der Waals surface area contributed by atoms with Crippen LogP contribution in [0.3, 0.4) is 0 Å². The van der Waals surface area contributed by atoms with Crippen LogP contribution in [-0.4, -0.2) is 23.5 Å². The van der Waals surface area contributed by atoms with Crippen molar-refractivity contribution in [2.45, 2.75) is 33.6 Å². The number of anilines is 1. The first kappa shape index (κ1) is 14.4. The van der Waals surface area contributed by atoms with Crippen LogP contribution in [0.5, 0.6) is 0 Å². The van der Waals surface area contributed by atoms with E-state index >= 15 is 0 Å². The molecular weight excluding hydrogens is 254 g/mol. The number of nitrogens with two attached hydrogens (primary N) is 1. The number of oxime groups is 1. The molecule has 108 valence electrons. The number of amides is 1. The summed E-state index contributed by atoms with van der Waals surface area (Å²) in [5, 5.41) is 11.8. The van der Waals surface area contributed by atoms with Gasteiger partial charge in [0, 0.05) is 12.2 Å². The fourth-order valence-corrected chi connectivity index (χ4v) is 2.51. The monoisotopic (exact) mass is 275 g/mol. The lowest BCUT2D eigenvalue weighted by Crippen LogP contribution is -2.49. The fraction of sp³-hybridized carbons (Fsp3) is 0.467. The second kappa shape index (κ2) is 5.15. The Bertz CT molecular complexity index is 564. The topological polar surface area (TPSA) is 78.9 Å². The van der Waals surface area contributed by atoms with Crippen molar-refractivity contribution in [1.29, 1.82) is 0 Å². The minimum Gasteiger partial charge on any atom is -0.409 e. The third kappa shape index (κ3) is 2.35. The third-order valence-corrected chi connectivity index (χ3v) is 3.88. The van der Waals surface area contributed by atoms with E-state index in [1.807, 2.05) is 19.1 Å². The summed E-state index contributed by atoms with van der Waals surface area (Å²) in [4.78, 5) is 14.5. The Morgan fingerprint density at radius 2 is 2.15 bits per heavy atom. The van der Waals surface area contributed by atoms with Crippen molar-refractivity contribution in [2.24, 2.45) is 16.3 Å². The molecule has 3 N–H and O–H groups in total. The lowest BCUT2D eigenvalue weighted by atomic mass is 9.88. The minimum atomic E-state index is -1.02. The minimum absolute atomic E-state index is 0.0678. The zero-order chi connectivity index (χ0) is 14.9. The van der Waals surface area contributed by atoms with Crippen LogP contribution in [0.1, 0.15) is 31.4 Å². The number of fused-ring (bicyclic) bond motifs is 1. The average Bonchev–Trinajstić information content (AvgIpc) is 2.44. The highest BCUT2D eigenvalue weighted by Gasteiger charge is 2.38. The molecule has 5 heteroatoms. The molecule has 0 radical (unpaired) electrons. The van der Waals surface area contributed by atoms with E-state index in [0.29, 0.717) is 6.54 Å². The number of benzene rings is 1. The zero-order valence-corrected chi connectivity index (χ0v) is 12.2. The Balaban J connectivity index is 2.39. The van der Waals surface area contributed by atoms with Crippen LogP contribution in [-0.2, 0) is 11.2 Å². The van der Waals surface area contributed by atoms with E-state index in [9.17, 15) is 4.79 Å².